The van der Waals surface area contributed by atoms with E-state index in [-0.39, 0.29) is 44.4 Å². The van der Waals surface area contributed by atoms with E-state index >= 15 is 0 Å². The second-order valence-electron chi connectivity index (χ2n) is 9.95. The summed E-state index contributed by atoms with van der Waals surface area (Å²) in [6.07, 6.45) is -0.307. The van der Waals surface area contributed by atoms with Gasteiger partial charge in [-0.1, -0.05) is 35.9 Å². The molecule has 0 spiro atoms. The molecule has 1 aliphatic heterocycles. The highest BCUT2D eigenvalue weighted by Gasteiger charge is 2.52. The zero-order chi connectivity index (χ0) is 27.2. The van der Waals surface area contributed by atoms with Crippen LogP contribution in [0.25, 0.3) is 0 Å². The van der Waals surface area contributed by atoms with Gasteiger partial charge in [0.1, 0.15) is 22.8 Å². The molecule has 10 heteroatoms. The Bertz CT molecular complexity index is 1100. The van der Waals surface area contributed by atoms with Crippen molar-refractivity contribution in [2.75, 3.05) is 26.1 Å². The number of benzene rings is 2. The molecule has 8 nitrogen and oxygen atoms in total. The van der Waals surface area contributed by atoms with Gasteiger partial charge in [0, 0.05) is 24.7 Å². The number of halogens is 2. The van der Waals surface area contributed by atoms with Crippen molar-refractivity contribution in [1.82, 2.24) is 15.1 Å². The van der Waals surface area contributed by atoms with Gasteiger partial charge >= 0.3 is 6.09 Å². The minimum absolute atomic E-state index is 0.0213. The largest absolute Gasteiger partial charge is 0.497 e. The Morgan fingerprint density at radius 2 is 1.68 bits per heavy atom. The number of ether oxygens (including phenoxy) is 2. The highest BCUT2D eigenvalue weighted by molar-refractivity contribution is 6.30. The van der Waals surface area contributed by atoms with Crippen molar-refractivity contribution in [1.29, 1.82) is 0 Å². The first-order valence-electron chi connectivity index (χ1n) is 12.0. The van der Waals surface area contributed by atoms with E-state index in [0.29, 0.717) is 10.8 Å². The fourth-order valence-corrected chi connectivity index (χ4v) is 4.49. The van der Waals surface area contributed by atoms with Gasteiger partial charge < -0.3 is 24.6 Å². The smallest absolute Gasteiger partial charge is 0.410 e. The Kier molecular flexibility index (Phi) is 9.31. The van der Waals surface area contributed by atoms with E-state index in [0.717, 1.165) is 11.1 Å². The van der Waals surface area contributed by atoms with E-state index in [9.17, 15) is 14.4 Å². The molecule has 1 fully saturated rings. The quantitative estimate of drug-likeness (QED) is 0.485. The molecule has 3 amide bonds. The normalized spacial score (nSPS) is 17.3. The summed E-state index contributed by atoms with van der Waals surface area (Å²) in [6.45, 7) is 5.92. The number of alkyl halides is 1. The van der Waals surface area contributed by atoms with E-state index in [1.54, 1.807) is 64.3 Å². The van der Waals surface area contributed by atoms with Crippen molar-refractivity contribution in [3.8, 4) is 5.75 Å². The number of rotatable bonds is 8. The van der Waals surface area contributed by atoms with Crippen LogP contribution in [0.5, 0.6) is 5.75 Å². The van der Waals surface area contributed by atoms with Crippen molar-refractivity contribution >= 4 is 41.1 Å². The fraction of sp³-hybridized carbons (Fsp3) is 0.444. The topological polar surface area (TPSA) is 88.2 Å². The summed E-state index contributed by atoms with van der Waals surface area (Å²) < 4.78 is 10.7. The third-order valence-corrected chi connectivity index (χ3v) is 6.60. The highest BCUT2D eigenvalue weighted by atomic mass is 35.5. The molecule has 1 N–H and O–H groups in total. The van der Waals surface area contributed by atoms with Crippen LogP contribution in [0.4, 0.5) is 4.79 Å². The van der Waals surface area contributed by atoms with Crippen molar-refractivity contribution in [3.05, 3.63) is 64.7 Å². The number of carbonyl (C=O) groups excluding carboxylic acids is 3. The minimum atomic E-state index is -1.34. The van der Waals surface area contributed by atoms with Crippen molar-refractivity contribution in [3.63, 3.8) is 0 Å². The van der Waals surface area contributed by atoms with Gasteiger partial charge in [0.25, 0.3) is 0 Å². The Balaban J connectivity index is 1.91. The maximum Gasteiger partial charge on any atom is 0.410 e. The van der Waals surface area contributed by atoms with Gasteiger partial charge in [-0.05, 0) is 62.6 Å². The molecule has 2 aromatic carbocycles. The van der Waals surface area contributed by atoms with Gasteiger partial charge in [-0.2, -0.15) is 0 Å². The number of nitrogens with one attached hydrogen (secondary N) is 1. The Labute approximate surface area is 227 Å². The average Bonchev–Trinajstić information content (AvgIpc) is 3.32. The van der Waals surface area contributed by atoms with Crippen LogP contribution in [0.2, 0.25) is 5.02 Å². The van der Waals surface area contributed by atoms with Crippen LogP contribution in [0.1, 0.15) is 38.3 Å². The number of amides is 3. The summed E-state index contributed by atoms with van der Waals surface area (Å²) in [5.74, 6) is -0.394. The van der Waals surface area contributed by atoms with E-state index in [1.807, 2.05) is 12.1 Å². The maximum atomic E-state index is 13.9. The molecule has 1 saturated heterocycles. The average molecular weight is 550 g/mol. The molecule has 3 rings (SSSR count). The van der Waals surface area contributed by atoms with Crippen LogP contribution in [0.15, 0.2) is 48.5 Å². The molecule has 37 heavy (non-hydrogen) atoms. The third kappa shape index (κ3) is 7.29. The number of methoxy groups -OCH3 is 1. The predicted molar refractivity (Wildman–Crippen MR) is 143 cm³/mol. The lowest BCUT2D eigenvalue weighted by Gasteiger charge is -2.40. The summed E-state index contributed by atoms with van der Waals surface area (Å²) in [6, 6.07) is 14.3. The van der Waals surface area contributed by atoms with Gasteiger partial charge in [0.15, 0.2) is 0 Å². The summed E-state index contributed by atoms with van der Waals surface area (Å²) in [7, 11) is 1.58. The van der Waals surface area contributed by atoms with Crippen molar-refractivity contribution in [2.24, 2.45) is 0 Å². The minimum Gasteiger partial charge on any atom is -0.497 e. The van der Waals surface area contributed by atoms with Crippen molar-refractivity contribution in [2.45, 2.75) is 51.4 Å². The summed E-state index contributed by atoms with van der Waals surface area (Å²) >= 11 is 12.0. The SMILES string of the molecule is COc1ccc(CNC(=O)C2(N(Cc3ccc(Cl)cc3)C(=O)CCl)CCN(C(=O)OC(C)(C)C)C2)cc1. The first-order chi connectivity index (χ1) is 17.5. The van der Waals surface area contributed by atoms with Crippen LogP contribution in [0.3, 0.4) is 0 Å². The van der Waals surface area contributed by atoms with E-state index in [1.165, 1.54) is 9.80 Å². The van der Waals surface area contributed by atoms with Gasteiger partial charge in [-0.3, -0.25) is 9.59 Å². The standard InChI is InChI=1S/C27H33Cl2N3O5/c1-26(2,3)37-25(35)31-14-13-27(18-31,24(34)30-16-19-7-11-22(36-4)12-8-19)32(23(33)15-28)17-20-5-9-21(29)10-6-20/h5-12H,13-18H2,1-4H3,(H,30,34). The number of nitrogens with zero attached hydrogens (tertiary/aromatic N) is 2. The van der Waals surface area contributed by atoms with Crippen molar-refractivity contribution < 1.29 is 23.9 Å². The molecule has 0 radical (unpaired) electrons. The Morgan fingerprint density at radius 3 is 2.24 bits per heavy atom. The summed E-state index contributed by atoms with van der Waals surface area (Å²) in [5.41, 5.74) is -0.400. The molecule has 1 aliphatic rings. The van der Waals surface area contributed by atoms with E-state index in [4.69, 9.17) is 32.7 Å². The van der Waals surface area contributed by atoms with Gasteiger partial charge in [0.05, 0.1) is 13.7 Å². The van der Waals surface area contributed by atoms with Gasteiger partial charge in [0.2, 0.25) is 11.8 Å². The van der Waals surface area contributed by atoms with Gasteiger partial charge in [-0.25, -0.2) is 4.79 Å². The van der Waals surface area contributed by atoms with Crippen LogP contribution in [-0.4, -0.2) is 64.9 Å². The molecular weight excluding hydrogens is 517 g/mol. The van der Waals surface area contributed by atoms with E-state index in [2.05, 4.69) is 5.32 Å². The molecule has 1 atom stereocenters. The molecule has 1 heterocycles. The first-order valence-corrected chi connectivity index (χ1v) is 12.9. The number of carbonyl (C=O) groups is 3. The monoisotopic (exact) mass is 549 g/mol. The number of hydrogen-bond donors (Lipinski definition) is 1. The lowest BCUT2D eigenvalue weighted by Crippen LogP contribution is -2.62. The second-order valence-corrected chi connectivity index (χ2v) is 10.7. The van der Waals surface area contributed by atoms with Crippen LogP contribution in [0, 0.1) is 0 Å². The molecular formula is C27H33Cl2N3O5. The fourth-order valence-electron chi connectivity index (χ4n) is 4.22. The van der Waals surface area contributed by atoms with Crippen LogP contribution < -0.4 is 10.1 Å². The molecule has 2 aromatic rings. The lowest BCUT2D eigenvalue weighted by atomic mass is 9.93. The summed E-state index contributed by atoms with van der Waals surface area (Å²) in [5, 5.41) is 3.52. The zero-order valence-electron chi connectivity index (χ0n) is 21.6. The number of likely N-dealkylation sites (tertiary alicyclic amines) is 1. The van der Waals surface area contributed by atoms with Gasteiger partial charge in [-0.15, -0.1) is 11.6 Å². The molecule has 0 aromatic heterocycles. The molecule has 0 aliphatic carbocycles. The predicted octanol–water partition coefficient (Wildman–Crippen LogP) is 4.61. The Hall–Kier alpha value is -2.97. The molecule has 200 valence electrons. The highest BCUT2D eigenvalue weighted by Crippen LogP contribution is 2.32. The molecule has 0 saturated carbocycles. The molecule has 0 bridgehead atoms. The first kappa shape index (κ1) is 28.6. The van der Waals surface area contributed by atoms with E-state index < -0.39 is 23.1 Å². The number of hydrogen-bond acceptors (Lipinski definition) is 5. The van der Waals surface area contributed by atoms with Crippen LogP contribution >= 0.6 is 23.2 Å². The molecule has 1 unspecified atom stereocenters. The lowest BCUT2D eigenvalue weighted by molar-refractivity contribution is -0.146. The third-order valence-electron chi connectivity index (χ3n) is 6.12. The Morgan fingerprint density at radius 1 is 1.05 bits per heavy atom. The zero-order valence-corrected chi connectivity index (χ0v) is 23.1. The second kappa shape index (κ2) is 12.0. The maximum absolute atomic E-state index is 13.9. The summed E-state index contributed by atoms with van der Waals surface area (Å²) in [4.78, 5) is 42.8. The van der Waals surface area contributed by atoms with Crippen LogP contribution in [-0.2, 0) is 27.4 Å².